The van der Waals surface area contributed by atoms with E-state index in [1.807, 2.05) is 79.0 Å². The van der Waals surface area contributed by atoms with Crippen LogP contribution < -0.4 is 0 Å². The molecular weight excluding hydrogens is 556 g/mol. The maximum absolute atomic E-state index is 5.16. The van der Waals surface area contributed by atoms with Crippen LogP contribution in [0.3, 0.4) is 0 Å². The van der Waals surface area contributed by atoms with Crippen molar-refractivity contribution in [1.29, 1.82) is 0 Å². The lowest BCUT2D eigenvalue weighted by molar-refractivity contribution is 0.738. The first-order valence-electron chi connectivity index (χ1n) is 15.1. The third-order valence-electron chi connectivity index (χ3n) is 8.48. The zero-order valence-corrected chi connectivity index (χ0v) is 24.4. The minimum atomic E-state index is 0.473. The number of nitrogens with zero attached hydrogens (tertiary/aromatic N) is 8. The van der Waals surface area contributed by atoms with E-state index in [2.05, 4.69) is 58.6 Å². The molecule has 8 heteroatoms. The fraction of sp³-hybridized carbons (Fsp3) is 0.0811. The molecule has 45 heavy (non-hydrogen) atoms. The van der Waals surface area contributed by atoms with Gasteiger partial charge in [0.1, 0.15) is 27.9 Å². The topological polar surface area (TPSA) is 87.2 Å². The summed E-state index contributed by atoms with van der Waals surface area (Å²) in [5.41, 5.74) is 7.16. The number of para-hydroxylation sites is 2. The quantitative estimate of drug-likeness (QED) is 0.210. The van der Waals surface area contributed by atoms with Crippen LogP contribution in [-0.4, -0.2) is 39.3 Å². The largest absolute Gasteiger partial charge is 0.290 e. The molecule has 5 heterocycles. The first-order chi connectivity index (χ1) is 22.2. The highest BCUT2D eigenvalue weighted by molar-refractivity contribution is 6.20. The highest BCUT2D eigenvalue weighted by Gasteiger charge is 2.25. The highest BCUT2D eigenvalue weighted by atomic mass is 15.2. The summed E-state index contributed by atoms with van der Waals surface area (Å²) in [6.07, 6.45) is 9.30. The van der Waals surface area contributed by atoms with Crippen molar-refractivity contribution < 1.29 is 0 Å². The van der Waals surface area contributed by atoms with Crippen LogP contribution in [0.2, 0.25) is 0 Å². The smallest absolute Gasteiger partial charge is 0.238 e. The third kappa shape index (κ3) is 3.99. The Kier molecular flexibility index (Phi) is 5.68. The van der Waals surface area contributed by atoms with Gasteiger partial charge in [0, 0.05) is 28.1 Å². The van der Waals surface area contributed by atoms with Gasteiger partial charge in [0.15, 0.2) is 11.6 Å². The lowest BCUT2D eigenvalue weighted by atomic mass is 9.98. The average molecular weight is 583 g/mol. The van der Waals surface area contributed by atoms with Crippen molar-refractivity contribution in [1.82, 2.24) is 39.3 Å². The van der Waals surface area contributed by atoms with Gasteiger partial charge in [-0.3, -0.25) is 9.13 Å². The Morgan fingerprint density at radius 3 is 1.98 bits per heavy atom. The fourth-order valence-corrected chi connectivity index (χ4v) is 6.32. The van der Waals surface area contributed by atoms with Crippen LogP contribution >= 0.6 is 0 Å². The van der Waals surface area contributed by atoms with Gasteiger partial charge in [-0.2, -0.15) is 9.97 Å². The molecule has 1 aliphatic carbocycles. The van der Waals surface area contributed by atoms with E-state index in [1.54, 1.807) is 0 Å². The summed E-state index contributed by atoms with van der Waals surface area (Å²) in [6.45, 7) is 2.21. The van der Waals surface area contributed by atoms with Crippen LogP contribution in [0.25, 0.3) is 72.6 Å². The van der Waals surface area contributed by atoms with E-state index in [-0.39, 0.29) is 0 Å². The summed E-state index contributed by atoms with van der Waals surface area (Å²) in [6, 6.07) is 32.5. The minimum absolute atomic E-state index is 0.473. The standard InChI is InChI=1S/C37H26N8/c1-23-18-20-25(21-19-23)36-39-35(24-11-3-2-4-12-24)40-37(41-36)45-29-16-8-6-14-27(29)32-34(45)33-31(42-43-32)26-13-5-7-15-28(26)44(33)30-17-9-10-22-38-30/h2-18,20-23H,19H2,1H3. The molecule has 0 radical (unpaired) electrons. The number of allylic oxidation sites excluding steroid dienone is 4. The van der Waals surface area contributed by atoms with Crippen LogP contribution in [0, 0.1) is 5.92 Å². The molecule has 0 aliphatic heterocycles. The van der Waals surface area contributed by atoms with Gasteiger partial charge < -0.3 is 0 Å². The van der Waals surface area contributed by atoms with Crippen molar-refractivity contribution >= 4 is 49.4 Å². The summed E-state index contributed by atoms with van der Waals surface area (Å²) in [7, 11) is 0. The number of fused-ring (bicyclic) bond motifs is 7. The molecule has 0 bridgehead atoms. The van der Waals surface area contributed by atoms with Crippen LogP contribution in [-0.2, 0) is 0 Å². The highest BCUT2D eigenvalue weighted by Crippen LogP contribution is 2.39. The predicted molar refractivity (Wildman–Crippen MR) is 178 cm³/mol. The maximum Gasteiger partial charge on any atom is 0.238 e. The van der Waals surface area contributed by atoms with Crippen molar-refractivity contribution in [3.05, 3.63) is 127 Å². The molecule has 0 amide bonds. The van der Waals surface area contributed by atoms with E-state index in [4.69, 9.17) is 30.1 Å². The average Bonchev–Trinajstić information content (AvgIpc) is 3.62. The molecular formula is C37H26N8. The second kappa shape index (κ2) is 10.0. The zero-order valence-electron chi connectivity index (χ0n) is 24.4. The van der Waals surface area contributed by atoms with Crippen LogP contribution in [0.15, 0.2) is 121 Å². The Bertz CT molecular complexity index is 2470. The van der Waals surface area contributed by atoms with Gasteiger partial charge in [0.05, 0.1) is 11.0 Å². The molecule has 3 aromatic carbocycles. The van der Waals surface area contributed by atoms with E-state index < -0.39 is 0 Å². The number of aromatic nitrogens is 8. The van der Waals surface area contributed by atoms with Crippen molar-refractivity contribution in [2.45, 2.75) is 13.3 Å². The van der Waals surface area contributed by atoms with E-state index in [9.17, 15) is 0 Å². The molecule has 9 rings (SSSR count). The molecule has 0 N–H and O–H groups in total. The van der Waals surface area contributed by atoms with Gasteiger partial charge in [-0.25, -0.2) is 9.97 Å². The monoisotopic (exact) mass is 582 g/mol. The zero-order chi connectivity index (χ0) is 29.9. The molecule has 214 valence electrons. The van der Waals surface area contributed by atoms with Gasteiger partial charge >= 0.3 is 0 Å². The number of pyridine rings is 1. The summed E-state index contributed by atoms with van der Waals surface area (Å²) in [5.74, 6) is 3.03. The van der Waals surface area contributed by atoms with Gasteiger partial charge in [-0.1, -0.05) is 97.9 Å². The normalized spacial score (nSPS) is 15.0. The molecule has 0 saturated carbocycles. The fourth-order valence-electron chi connectivity index (χ4n) is 6.32. The molecule has 1 aliphatic rings. The Morgan fingerprint density at radius 1 is 0.644 bits per heavy atom. The summed E-state index contributed by atoms with van der Waals surface area (Å²) < 4.78 is 4.29. The lowest BCUT2D eigenvalue weighted by Gasteiger charge is -2.14. The molecule has 8 nitrogen and oxygen atoms in total. The van der Waals surface area contributed by atoms with Gasteiger partial charge in [-0.15, -0.1) is 10.2 Å². The maximum atomic E-state index is 5.16. The molecule has 0 spiro atoms. The molecule has 8 aromatic rings. The Morgan fingerprint density at radius 2 is 1.29 bits per heavy atom. The van der Waals surface area contributed by atoms with Crippen molar-refractivity contribution in [2.24, 2.45) is 5.92 Å². The molecule has 0 saturated heterocycles. The number of benzene rings is 3. The van der Waals surface area contributed by atoms with Crippen LogP contribution in [0.5, 0.6) is 0 Å². The first kappa shape index (κ1) is 25.5. The van der Waals surface area contributed by atoms with Gasteiger partial charge in [0.2, 0.25) is 5.95 Å². The number of rotatable bonds is 4. The second-order valence-electron chi connectivity index (χ2n) is 11.4. The Balaban J connectivity index is 1.45. The Hall–Kier alpha value is -6.02. The summed E-state index contributed by atoms with van der Waals surface area (Å²) >= 11 is 0. The van der Waals surface area contributed by atoms with Crippen LogP contribution in [0.1, 0.15) is 19.2 Å². The second-order valence-corrected chi connectivity index (χ2v) is 11.4. The van der Waals surface area contributed by atoms with E-state index in [0.717, 1.165) is 67.2 Å². The van der Waals surface area contributed by atoms with Gasteiger partial charge in [0.25, 0.3) is 0 Å². The first-order valence-corrected chi connectivity index (χ1v) is 15.1. The Labute approximate surface area is 258 Å². The molecule has 1 atom stereocenters. The summed E-state index contributed by atoms with van der Waals surface area (Å²) in [4.78, 5) is 20.1. The van der Waals surface area contributed by atoms with Crippen molar-refractivity contribution in [2.75, 3.05) is 0 Å². The van der Waals surface area contributed by atoms with Crippen molar-refractivity contribution in [3.63, 3.8) is 0 Å². The lowest BCUT2D eigenvalue weighted by Crippen LogP contribution is -2.09. The minimum Gasteiger partial charge on any atom is -0.290 e. The number of hydrogen-bond donors (Lipinski definition) is 0. The third-order valence-corrected chi connectivity index (χ3v) is 8.48. The summed E-state index contributed by atoms with van der Waals surface area (Å²) in [5, 5.41) is 11.6. The SMILES string of the molecule is CC1C=CC(c2nc(-c3ccccc3)nc(-n3c4ccccc4c4nnc5c6ccccc6n(-c6ccccn6)c5c43)n2)=CC1. The van der Waals surface area contributed by atoms with E-state index in [0.29, 0.717) is 23.5 Å². The molecule has 0 fully saturated rings. The van der Waals surface area contributed by atoms with Gasteiger partial charge in [-0.05, 0) is 36.6 Å². The van der Waals surface area contributed by atoms with Crippen LogP contribution in [0.4, 0.5) is 0 Å². The number of hydrogen-bond acceptors (Lipinski definition) is 6. The molecule has 1 unspecified atom stereocenters. The van der Waals surface area contributed by atoms with E-state index in [1.165, 1.54) is 0 Å². The van der Waals surface area contributed by atoms with E-state index >= 15 is 0 Å². The predicted octanol–water partition coefficient (Wildman–Crippen LogP) is 7.90. The molecule has 5 aromatic heterocycles. The van der Waals surface area contributed by atoms with Crippen molar-refractivity contribution in [3.8, 4) is 23.2 Å².